The molecular formula is C30H31N5O2. The van der Waals surface area contributed by atoms with Crippen LogP contribution in [0.5, 0.6) is 5.75 Å². The van der Waals surface area contributed by atoms with E-state index in [1.54, 1.807) is 18.5 Å². The van der Waals surface area contributed by atoms with Gasteiger partial charge in [0.05, 0.1) is 11.4 Å². The SMILES string of the molecule is C=Nc1cc(-c2c(C)nn(C)c2C)ccc1/C(=C\C)Oc1cccc(C(=O)NCc2ccncc2)c1C. The molecule has 0 spiro atoms. The summed E-state index contributed by atoms with van der Waals surface area (Å²) in [4.78, 5) is 21.2. The molecule has 1 N–H and O–H groups in total. The highest BCUT2D eigenvalue weighted by Crippen LogP contribution is 2.36. The van der Waals surface area contributed by atoms with E-state index in [1.807, 2.05) is 88.0 Å². The standard InChI is InChI=1S/C30H31N5O2/c1-7-27(25-12-11-23(17-26(25)31-5)29-20(3)34-35(6)21(29)4)37-28-10-8-9-24(19(28)2)30(36)33-18-22-13-15-32-16-14-22/h7-17H,5,18H2,1-4,6H3,(H,33,36)/b27-7+. The smallest absolute Gasteiger partial charge is 0.251 e. The van der Waals surface area contributed by atoms with Crippen molar-refractivity contribution in [2.24, 2.45) is 12.0 Å². The van der Waals surface area contributed by atoms with Crippen molar-refractivity contribution in [2.45, 2.75) is 34.2 Å². The Balaban J connectivity index is 1.59. The van der Waals surface area contributed by atoms with Crippen LogP contribution < -0.4 is 10.1 Å². The number of nitrogens with zero attached hydrogens (tertiary/aromatic N) is 4. The molecule has 0 aliphatic rings. The van der Waals surface area contributed by atoms with E-state index in [1.165, 1.54) is 0 Å². The number of amides is 1. The normalized spacial score (nSPS) is 11.3. The number of pyridine rings is 1. The molecule has 2 aromatic carbocycles. The highest BCUT2D eigenvalue weighted by Gasteiger charge is 2.18. The fraction of sp³-hybridized carbons (Fsp3) is 0.200. The molecule has 188 valence electrons. The summed E-state index contributed by atoms with van der Waals surface area (Å²) in [6.07, 6.45) is 5.30. The van der Waals surface area contributed by atoms with Crippen molar-refractivity contribution in [3.63, 3.8) is 0 Å². The maximum atomic E-state index is 12.9. The molecule has 7 nitrogen and oxygen atoms in total. The number of rotatable bonds is 8. The third-order valence-electron chi connectivity index (χ3n) is 6.44. The molecule has 37 heavy (non-hydrogen) atoms. The average molecular weight is 494 g/mol. The summed E-state index contributed by atoms with van der Waals surface area (Å²) in [5, 5.41) is 7.50. The number of carbonyl (C=O) groups excluding carboxylic acids is 1. The maximum Gasteiger partial charge on any atom is 0.251 e. The molecule has 0 radical (unpaired) electrons. The highest BCUT2D eigenvalue weighted by molar-refractivity contribution is 5.96. The van der Waals surface area contributed by atoms with E-state index >= 15 is 0 Å². The van der Waals surface area contributed by atoms with Gasteiger partial charge in [0.15, 0.2) is 0 Å². The third-order valence-corrected chi connectivity index (χ3v) is 6.44. The lowest BCUT2D eigenvalue weighted by Crippen LogP contribution is -2.23. The van der Waals surface area contributed by atoms with Crippen LogP contribution in [-0.2, 0) is 13.6 Å². The Morgan fingerprint density at radius 2 is 1.86 bits per heavy atom. The summed E-state index contributed by atoms with van der Waals surface area (Å²) in [5.41, 5.74) is 7.95. The molecule has 4 aromatic rings. The van der Waals surface area contributed by atoms with Gasteiger partial charge < -0.3 is 10.1 Å². The van der Waals surface area contributed by atoms with E-state index < -0.39 is 0 Å². The van der Waals surface area contributed by atoms with Crippen LogP contribution in [-0.4, -0.2) is 27.4 Å². The number of carbonyl (C=O) groups is 1. The lowest BCUT2D eigenvalue weighted by atomic mass is 10.00. The Morgan fingerprint density at radius 1 is 1.11 bits per heavy atom. The molecule has 0 bridgehead atoms. The quantitative estimate of drug-likeness (QED) is 0.237. The molecule has 0 aliphatic carbocycles. The first-order chi connectivity index (χ1) is 17.8. The minimum atomic E-state index is -0.165. The zero-order valence-corrected chi connectivity index (χ0v) is 21.9. The molecule has 0 unspecified atom stereocenters. The average Bonchev–Trinajstić information content (AvgIpc) is 3.17. The van der Waals surface area contributed by atoms with E-state index in [0.717, 1.165) is 39.2 Å². The Hall–Kier alpha value is -4.52. The van der Waals surface area contributed by atoms with Gasteiger partial charge >= 0.3 is 0 Å². The molecular weight excluding hydrogens is 462 g/mol. The molecule has 0 atom stereocenters. The van der Waals surface area contributed by atoms with Crippen LogP contribution in [0.25, 0.3) is 16.9 Å². The van der Waals surface area contributed by atoms with Crippen molar-refractivity contribution in [1.29, 1.82) is 0 Å². The number of benzene rings is 2. The second kappa shape index (κ2) is 11.0. The summed E-state index contributed by atoms with van der Waals surface area (Å²) >= 11 is 0. The minimum absolute atomic E-state index is 0.165. The largest absolute Gasteiger partial charge is 0.457 e. The van der Waals surface area contributed by atoms with Gasteiger partial charge in [0.1, 0.15) is 11.5 Å². The first-order valence-corrected chi connectivity index (χ1v) is 12.1. The van der Waals surface area contributed by atoms with Gasteiger partial charge in [-0.3, -0.25) is 19.5 Å². The lowest BCUT2D eigenvalue weighted by molar-refractivity contribution is 0.0950. The summed E-state index contributed by atoms with van der Waals surface area (Å²) in [6.45, 7) is 12.1. The van der Waals surface area contributed by atoms with Gasteiger partial charge in [-0.1, -0.05) is 12.1 Å². The summed E-state index contributed by atoms with van der Waals surface area (Å²) in [5.74, 6) is 1.07. The molecule has 0 saturated carbocycles. The molecule has 4 rings (SSSR count). The first kappa shape index (κ1) is 25.6. The molecule has 0 fully saturated rings. The first-order valence-electron chi connectivity index (χ1n) is 12.1. The van der Waals surface area contributed by atoms with Crippen molar-refractivity contribution < 1.29 is 9.53 Å². The molecule has 1 amide bonds. The van der Waals surface area contributed by atoms with E-state index in [9.17, 15) is 4.79 Å². The summed E-state index contributed by atoms with van der Waals surface area (Å²) in [6, 6.07) is 15.3. The Labute approximate surface area is 217 Å². The number of nitrogens with one attached hydrogen (secondary N) is 1. The Bertz CT molecular complexity index is 1490. The predicted molar refractivity (Wildman–Crippen MR) is 148 cm³/mol. The summed E-state index contributed by atoms with van der Waals surface area (Å²) in [7, 11) is 1.94. The van der Waals surface area contributed by atoms with Gasteiger partial charge in [-0.25, -0.2) is 0 Å². The Morgan fingerprint density at radius 3 is 2.51 bits per heavy atom. The van der Waals surface area contributed by atoms with Crippen LogP contribution in [0, 0.1) is 20.8 Å². The van der Waals surface area contributed by atoms with Crippen LogP contribution >= 0.6 is 0 Å². The molecule has 0 aliphatic heterocycles. The lowest BCUT2D eigenvalue weighted by Gasteiger charge is -2.17. The van der Waals surface area contributed by atoms with Crippen molar-refractivity contribution in [1.82, 2.24) is 20.1 Å². The second-order valence-electron chi connectivity index (χ2n) is 8.78. The zero-order valence-electron chi connectivity index (χ0n) is 21.9. The fourth-order valence-electron chi connectivity index (χ4n) is 4.35. The monoisotopic (exact) mass is 493 g/mol. The van der Waals surface area contributed by atoms with Gasteiger partial charge in [-0.15, -0.1) is 0 Å². The van der Waals surface area contributed by atoms with Crippen molar-refractivity contribution in [3.8, 4) is 16.9 Å². The van der Waals surface area contributed by atoms with Crippen LogP contribution in [0.1, 0.15) is 45.4 Å². The van der Waals surface area contributed by atoms with Crippen LogP contribution in [0.3, 0.4) is 0 Å². The maximum absolute atomic E-state index is 12.9. The molecule has 0 saturated heterocycles. The number of allylic oxidation sites excluding steroid dienone is 1. The van der Waals surface area contributed by atoms with E-state index in [4.69, 9.17) is 4.74 Å². The van der Waals surface area contributed by atoms with Crippen molar-refractivity contribution in [2.75, 3.05) is 0 Å². The molecule has 2 aromatic heterocycles. The fourth-order valence-corrected chi connectivity index (χ4v) is 4.35. The topological polar surface area (TPSA) is 81.4 Å². The van der Waals surface area contributed by atoms with Gasteiger partial charge in [-0.2, -0.15) is 5.10 Å². The predicted octanol–water partition coefficient (Wildman–Crippen LogP) is 6.11. The summed E-state index contributed by atoms with van der Waals surface area (Å²) < 4.78 is 8.22. The van der Waals surface area contributed by atoms with E-state index in [2.05, 4.69) is 27.1 Å². The number of hydrogen-bond acceptors (Lipinski definition) is 5. The van der Waals surface area contributed by atoms with Gasteiger partial charge in [0.2, 0.25) is 0 Å². The van der Waals surface area contributed by atoms with Gasteiger partial charge in [0, 0.05) is 53.9 Å². The van der Waals surface area contributed by atoms with Crippen LogP contribution in [0.4, 0.5) is 5.69 Å². The Kier molecular flexibility index (Phi) is 7.63. The van der Waals surface area contributed by atoms with Gasteiger partial charge in [-0.05, 0) is 88.0 Å². The van der Waals surface area contributed by atoms with Crippen LogP contribution in [0.2, 0.25) is 0 Å². The van der Waals surface area contributed by atoms with Gasteiger partial charge in [0.25, 0.3) is 5.91 Å². The van der Waals surface area contributed by atoms with E-state index in [0.29, 0.717) is 29.3 Å². The minimum Gasteiger partial charge on any atom is -0.457 e. The molecule has 7 heteroatoms. The number of aromatic nitrogens is 3. The van der Waals surface area contributed by atoms with Crippen molar-refractivity contribution in [3.05, 3.63) is 101 Å². The number of ether oxygens (including phenoxy) is 1. The molecule has 2 heterocycles. The number of hydrogen-bond donors (Lipinski definition) is 1. The number of aryl methyl sites for hydroxylation is 2. The van der Waals surface area contributed by atoms with E-state index in [-0.39, 0.29) is 5.91 Å². The third kappa shape index (κ3) is 5.35. The zero-order chi connectivity index (χ0) is 26.5. The number of aliphatic imine (C=N–C) groups is 1. The second-order valence-corrected chi connectivity index (χ2v) is 8.78. The van der Waals surface area contributed by atoms with Crippen LogP contribution in [0.15, 0.2) is 72.0 Å². The highest BCUT2D eigenvalue weighted by atomic mass is 16.5. The van der Waals surface area contributed by atoms with Crippen molar-refractivity contribution >= 4 is 24.1 Å².